The third kappa shape index (κ3) is 21.4. The quantitative estimate of drug-likeness (QED) is 0.0834. The number of aliphatic hydroxyl groups excluding tert-OH is 2. The van der Waals surface area contributed by atoms with Crippen LogP contribution in [0.3, 0.4) is 0 Å². The smallest absolute Gasteiger partial charge is 0.231 e. The maximum Gasteiger partial charge on any atom is 0.231 e. The van der Waals surface area contributed by atoms with Crippen LogP contribution in [-0.2, 0) is 80.7 Å². The number of carbonyl (C=O) groups excluding carboxylic acids is 8. The summed E-state index contributed by atoms with van der Waals surface area (Å²) in [7, 11) is 0. The first kappa shape index (κ1) is 90.0. The van der Waals surface area contributed by atoms with Crippen molar-refractivity contribution < 1.29 is 58.0 Å². The number of likely N-dealkylation sites (tertiary alicyclic amines) is 4. The van der Waals surface area contributed by atoms with E-state index in [4.69, 9.17) is 9.47 Å². The second kappa shape index (κ2) is 39.9. The van der Waals surface area contributed by atoms with Gasteiger partial charge in [0.2, 0.25) is 29.5 Å². The van der Waals surface area contributed by atoms with E-state index in [1.807, 2.05) is 51.1 Å². The number of β-lactam (4-membered cyclic amide) rings is 5. The van der Waals surface area contributed by atoms with Crippen molar-refractivity contribution in [3.8, 4) is 0 Å². The van der Waals surface area contributed by atoms with Crippen molar-refractivity contribution in [2.75, 3.05) is 32.7 Å². The van der Waals surface area contributed by atoms with Crippen molar-refractivity contribution in [1.29, 1.82) is 0 Å². The van der Waals surface area contributed by atoms with Gasteiger partial charge in [0.05, 0.1) is 64.7 Å². The highest BCUT2D eigenvalue weighted by Crippen LogP contribution is 2.54. The largest absolute Gasteiger partial charge is 0.393 e. The second-order valence-corrected chi connectivity index (χ2v) is 39.9. The van der Waals surface area contributed by atoms with E-state index >= 15 is 0 Å². The molecule has 7 spiro atoms. The first-order valence-electron chi connectivity index (χ1n) is 46.5. The number of nitrogens with one attached hydrogen (secondary N) is 1. The van der Waals surface area contributed by atoms with Gasteiger partial charge in [-0.3, -0.25) is 38.4 Å². The van der Waals surface area contributed by atoms with Crippen molar-refractivity contribution in [2.24, 2.45) is 49.7 Å². The molecule has 5 saturated heterocycles. The highest BCUT2D eigenvalue weighted by molar-refractivity contribution is 5.95. The molecular weight excluding hydrogens is 1500 g/mol. The Balaban J connectivity index is 0.000000123. The maximum atomic E-state index is 12.8. The lowest BCUT2D eigenvalue weighted by molar-refractivity contribution is -0.174. The van der Waals surface area contributed by atoms with Gasteiger partial charge in [0.25, 0.3) is 0 Å². The predicted octanol–water partition coefficient (Wildman–Crippen LogP) is 18.5. The molecule has 0 aromatic heterocycles. The third-order valence-corrected chi connectivity index (χ3v) is 30.9. The van der Waals surface area contributed by atoms with Crippen molar-refractivity contribution in [3.63, 3.8) is 0 Å². The molecule has 3 N–H and O–H groups in total. The van der Waals surface area contributed by atoms with Gasteiger partial charge >= 0.3 is 0 Å². The zero-order chi connectivity index (χ0) is 84.9. The van der Waals surface area contributed by atoms with Gasteiger partial charge in [0.15, 0.2) is 5.78 Å². The molecule has 17 heteroatoms. The number of benzene rings is 5. The fourth-order valence-electron chi connectivity index (χ4n) is 22.1. The van der Waals surface area contributed by atoms with Gasteiger partial charge in [-0.15, -0.1) is 0 Å². The number of amides is 5. The number of rotatable bonds is 15. The highest BCUT2D eigenvalue weighted by Gasteiger charge is 2.58. The number of Topliss-reactive ketones (excluding diaryl/α,β-unsaturated/α-hetero) is 3. The van der Waals surface area contributed by atoms with Gasteiger partial charge in [-0.25, -0.2) is 0 Å². The fraction of sp³-hybridized carbons (Fsp3) is 0.631. The number of hydrogen-bond acceptors (Lipinski definition) is 12. The van der Waals surface area contributed by atoms with E-state index in [0.29, 0.717) is 67.2 Å². The highest BCUT2D eigenvalue weighted by atomic mass is 16.5. The maximum absolute atomic E-state index is 12.8. The summed E-state index contributed by atoms with van der Waals surface area (Å²) in [4.78, 5) is 103. The second-order valence-electron chi connectivity index (χ2n) is 39.9. The molecule has 120 heavy (non-hydrogen) atoms. The lowest BCUT2D eigenvalue weighted by Crippen LogP contribution is -2.68. The normalized spacial score (nSPS) is 30.1. The van der Waals surface area contributed by atoms with E-state index in [1.165, 1.54) is 122 Å². The van der Waals surface area contributed by atoms with E-state index in [2.05, 4.69) is 137 Å². The Bertz CT molecular complexity index is 4150. The van der Waals surface area contributed by atoms with Gasteiger partial charge in [-0.2, -0.15) is 0 Å². The molecule has 5 aromatic carbocycles. The van der Waals surface area contributed by atoms with E-state index in [0.717, 1.165) is 205 Å². The molecule has 0 radical (unpaired) electrons. The summed E-state index contributed by atoms with van der Waals surface area (Å²) in [5.41, 5.74) is 9.88. The summed E-state index contributed by atoms with van der Waals surface area (Å²) in [5.74, 6) is 4.05. The van der Waals surface area contributed by atoms with Crippen molar-refractivity contribution in [2.45, 2.75) is 330 Å². The molecule has 9 saturated carbocycles. The molecule has 5 aliphatic heterocycles. The van der Waals surface area contributed by atoms with Crippen molar-refractivity contribution >= 4 is 46.9 Å². The van der Waals surface area contributed by atoms with Gasteiger partial charge < -0.3 is 44.6 Å². The van der Waals surface area contributed by atoms with Crippen molar-refractivity contribution in [1.82, 2.24) is 24.9 Å². The molecule has 5 heterocycles. The number of nitrogens with zero attached hydrogens (tertiary/aromatic N) is 4. The molecule has 1 unspecified atom stereocenters. The molecule has 19 rings (SSSR count). The molecule has 14 aliphatic rings. The lowest BCUT2D eigenvalue weighted by Gasteiger charge is -2.53. The van der Waals surface area contributed by atoms with Crippen LogP contribution in [0.5, 0.6) is 0 Å². The number of carbonyl (C=O) groups is 8. The summed E-state index contributed by atoms with van der Waals surface area (Å²) in [5, 5.41) is 22.0. The van der Waals surface area contributed by atoms with Gasteiger partial charge in [-0.05, 0) is 241 Å². The van der Waals surface area contributed by atoms with Crippen molar-refractivity contribution in [3.05, 3.63) is 178 Å². The van der Waals surface area contributed by atoms with Crippen LogP contribution in [0.1, 0.15) is 291 Å². The Morgan fingerprint density at radius 2 is 0.725 bits per heavy atom. The van der Waals surface area contributed by atoms with E-state index in [9.17, 15) is 48.6 Å². The minimum absolute atomic E-state index is 0.0250. The molecule has 17 nitrogen and oxygen atoms in total. The van der Waals surface area contributed by atoms with Crippen LogP contribution in [0, 0.1) is 70.5 Å². The predicted molar refractivity (Wildman–Crippen MR) is 469 cm³/mol. The number of aliphatic hydroxyl groups is 2. The average Bonchev–Trinajstić information content (AvgIpc) is 0.732. The average molecular weight is 1640 g/mol. The summed E-state index contributed by atoms with van der Waals surface area (Å²) in [6.07, 6.45) is 36.1. The Kier molecular flexibility index (Phi) is 29.9. The Hall–Kier alpha value is -7.70. The summed E-state index contributed by atoms with van der Waals surface area (Å²) >= 11 is 0. The summed E-state index contributed by atoms with van der Waals surface area (Å²) < 4.78 is 12.0. The molecular formula is C103H141N5O12. The lowest BCUT2D eigenvalue weighted by atomic mass is 9.58. The number of ketones is 3. The molecule has 9 aliphatic carbocycles. The third-order valence-electron chi connectivity index (χ3n) is 30.9. The van der Waals surface area contributed by atoms with Gasteiger partial charge in [0.1, 0.15) is 17.6 Å². The van der Waals surface area contributed by atoms with Crippen LogP contribution < -0.4 is 5.32 Å². The van der Waals surface area contributed by atoms with E-state index in [1.54, 1.807) is 11.8 Å². The first-order valence-corrected chi connectivity index (χ1v) is 46.5. The molecule has 14 fully saturated rings. The van der Waals surface area contributed by atoms with Crippen LogP contribution in [0.15, 0.2) is 133 Å². The fourth-order valence-corrected chi connectivity index (χ4v) is 22.1. The first-order chi connectivity index (χ1) is 57.6. The summed E-state index contributed by atoms with van der Waals surface area (Å²) in [6.45, 7) is 21.9. The minimum Gasteiger partial charge on any atom is -0.393 e. The molecule has 0 bridgehead atoms. The van der Waals surface area contributed by atoms with Crippen LogP contribution in [0.4, 0.5) is 0 Å². The molecule has 5 amide bonds. The monoisotopic (exact) mass is 1640 g/mol. The zero-order valence-electron chi connectivity index (χ0n) is 73.6. The van der Waals surface area contributed by atoms with Crippen LogP contribution in [0.2, 0.25) is 0 Å². The van der Waals surface area contributed by atoms with E-state index < -0.39 is 12.1 Å². The number of ether oxygens (including phenoxy) is 2. The van der Waals surface area contributed by atoms with E-state index in [-0.39, 0.29) is 55.7 Å². The number of hydrogen-bond donors (Lipinski definition) is 3. The van der Waals surface area contributed by atoms with Crippen LogP contribution in [0.25, 0.3) is 0 Å². The Morgan fingerprint density at radius 3 is 1.01 bits per heavy atom. The molecule has 2 atom stereocenters. The Labute approximate surface area is 716 Å². The number of aryl methyl sites for hydroxylation is 3. The topological polar surface area (TPSA) is 220 Å². The van der Waals surface area contributed by atoms with Crippen LogP contribution >= 0.6 is 0 Å². The van der Waals surface area contributed by atoms with Gasteiger partial charge in [-0.1, -0.05) is 203 Å². The molecule has 650 valence electrons. The standard InChI is InChI=1S/C23H27NO2.C17H23NO.C16H21NO2.C16H20O2.C13H21NO3.C10H16O.C8H13NO/c1-18-7-9-19(10-8-18)15-24-17-23(22(24)25)13-11-21(12-14-23)26-16-20-5-3-2-4-6-20;1-13-3-5-15(6-4-13)11-18-12-17(16(18)19)9-7-14(2)8-10-17;1-12-2-4-13(5-3-12)10-17-11-16(15(17)19)8-6-14(18)7-9-16;17-15-8-11-16(15)9-6-14(7-10-16)18-12-13-4-2-1-3-5-13;1-9(15)11(10(2)16)14-8-13(12(14)17)6-4-3-5-7-13;1-8-2-5-10(6-3-8)7-4-9(10)11;10-7-8(6-9-7)4-2-1-3-5-8/h2-10,21H,11-17H2,1H3;3-6,14H,7-12H2,1-2H3;2-5,14,18H,6-11H2,1H3;1-5,14H,6-12H2;9,11,15H,3-8H2,1-2H3;8H,2-7H2,1H3;1-6H2,(H,9,10)/t;;;;9-,11?;;/m....1../s1. The zero-order valence-corrected chi connectivity index (χ0v) is 73.6. The SMILES string of the molecule is CC(=O)C([C@@H](C)O)N1CC2(CCCCC2)C1=O.CC1CCC2(CCC2=O)CC1.Cc1ccc(CN2CC3(CCC(C)CC3)C2=O)cc1.Cc1ccc(CN2CC3(CCC(O)CC3)C2=O)cc1.Cc1ccc(CN2CC3(CCC(OCc4ccccc4)CC3)C2=O)cc1.O=C1CCC12CCC(OCc1ccccc1)CC2.O=C1NCC12CCCCC2. The van der Waals surface area contributed by atoms with Crippen LogP contribution in [-0.4, -0.2) is 140 Å². The summed E-state index contributed by atoms with van der Waals surface area (Å²) in [6, 6.07) is 45.4. The molecule has 5 aromatic rings. The Morgan fingerprint density at radius 1 is 0.400 bits per heavy atom. The minimum atomic E-state index is -0.780. The van der Waals surface area contributed by atoms with Gasteiger partial charge in [0, 0.05) is 76.0 Å².